The zero-order valence-corrected chi connectivity index (χ0v) is 18.6. The zero-order valence-electron chi connectivity index (χ0n) is 16.2. The lowest BCUT2D eigenvalue weighted by Gasteiger charge is -2.05. The van der Waals surface area contributed by atoms with Crippen LogP contribution in [0.1, 0.15) is 22.7 Å². The predicted molar refractivity (Wildman–Crippen MR) is 121 cm³/mol. The Hall–Kier alpha value is -2.91. The van der Waals surface area contributed by atoms with Gasteiger partial charge in [0, 0.05) is 28.5 Å². The Morgan fingerprint density at radius 1 is 1.10 bits per heavy atom. The summed E-state index contributed by atoms with van der Waals surface area (Å²) >= 11 is 3.51. The van der Waals surface area contributed by atoms with Gasteiger partial charge in [-0.25, -0.2) is 4.98 Å². The normalized spacial score (nSPS) is 10.5. The third kappa shape index (κ3) is 6.04. The van der Waals surface area contributed by atoms with Gasteiger partial charge in [-0.3, -0.25) is 5.10 Å². The maximum absolute atomic E-state index is 5.18. The molecular weight excluding hydrogens is 470 g/mol. The molecule has 0 bridgehead atoms. The van der Waals surface area contributed by atoms with Crippen LogP contribution >= 0.6 is 28.3 Å². The average Bonchev–Trinajstić information content (AvgIpc) is 3.34. The third-order valence-electron chi connectivity index (χ3n) is 4.21. The summed E-state index contributed by atoms with van der Waals surface area (Å²) in [5, 5.41) is 17.6. The van der Waals surface area contributed by atoms with Crippen LogP contribution in [0.25, 0.3) is 0 Å². The molecule has 3 heterocycles. The smallest absolute Gasteiger partial charge is 0.224 e. The van der Waals surface area contributed by atoms with Crippen molar-refractivity contribution in [2.75, 3.05) is 10.6 Å². The monoisotopic (exact) mass is 489 g/mol. The van der Waals surface area contributed by atoms with Gasteiger partial charge in [-0.15, -0.1) is 12.4 Å². The highest BCUT2D eigenvalue weighted by molar-refractivity contribution is 9.10. The van der Waals surface area contributed by atoms with Gasteiger partial charge in [-0.05, 0) is 43.5 Å². The number of halogens is 2. The zero-order chi connectivity index (χ0) is 20.1. The van der Waals surface area contributed by atoms with Gasteiger partial charge in [0.25, 0.3) is 0 Å². The highest BCUT2D eigenvalue weighted by Crippen LogP contribution is 2.17. The van der Waals surface area contributed by atoms with Crippen LogP contribution in [0.2, 0.25) is 0 Å². The quantitative estimate of drug-likeness (QED) is 0.325. The molecule has 0 saturated heterocycles. The molecule has 0 unspecified atom stereocenters. The lowest BCUT2D eigenvalue weighted by Crippen LogP contribution is -2.04. The molecular formula is C20H21BrClN7O. The van der Waals surface area contributed by atoms with E-state index in [-0.39, 0.29) is 12.4 Å². The summed E-state index contributed by atoms with van der Waals surface area (Å²) in [7, 11) is 0. The number of H-pyrrole nitrogens is 1. The van der Waals surface area contributed by atoms with Crippen molar-refractivity contribution >= 4 is 45.9 Å². The highest BCUT2D eigenvalue weighted by Gasteiger charge is 2.06. The second kappa shape index (κ2) is 10.2. The van der Waals surface area contributed by atoms with Gasteiger partial charge in [0.1, 0.15) is 5.82 Å². The molecule has 0 aliphatic rings. The van der Waals surface area contributed by atoms with Crippen LogP contribution in [0.4, 0.5) is 17.6 Å². The number of anilines is 3. The molecule has 3 N–H and O–H groups in total. The number of rotatable bonds is 8. The Morgan fingerprint density at radius 3 is 2.80 bits per heavy atom. The summed E-state index contributed by atoms with van der Waals surface area (Å²) in [6.07, 6.45) is 3.49. The number of benzene rings is 1. The topological polar surface area (TPSA) is 105 Å². The van der Waals surface area contributed by atoms with Crippen LogP contribution in [0, 0.1) is 6.92 Å². The Labute approximate surface area is 188 Å². The van der Waals surface area contributed by atoms with Crippen molar-refractivity contribution in [2.45, 2.75) is 26.3 Å². The number of hydrogen-bond acceptors (Lipinski definition) is 7. The fraction of sp³-hybridized carbons (Fsp3) is 0.200. The lowest BCUT2D eigenvalue weighted by molar-refractivity contribution is 0.384. The van der Waals surface area contributed by atoms with Crippen LogP contribution in [0.15, 0.2) is 57.7 Å². The van der Waals surface area contributed by atoms with E-state index in [2.05, 4.69) is 64.0 Å². The summed E-state index contributed by atoms with van der Waals surface area (Å²) in [6, 6.07) is 14.0. The molecule has 8 nitrogen and oxygen atoms in total. The van der Waals surface area contributed by atoms with Crippen molar-refractivity contribution in [3.63, 3.8) is 0 Å². The first-order chi connectivity index (χ1) is 14.1. The van der Waals surface area contributed by atoms with E-state index >= 15 is 0 Å². The Balaban J connectivity index is 0.00000256. The van der Waals surface area contributed by atoms with E-state index in [1.165, 1.54) is 5.56 Å². The number of nitrogens with zero attached hydrogens (tertiary/aromatic N) is 4. The van der Waals surface area contributed by atoms with Gasteiger partial charge in [-0.2, -0.15) is 10.1 Å². The van der Waals surface area contributed by atoms with Crippen molar-refractivity contribution in [1.82, 2.24) is 25.3 Å². The van der Waals surface area contributed by atoms with Crippen molar-refractivity contribution in [2.24, 2.45) is 0 Å². The van der Waals surface area contributed by atoms with Crippen LogP contribution in [0.5, 0.6) is 0 Å². The van der Waals surface area contributed by atoms with E-state index in [0.29, 0.717) is 24.1 Å². The first-order valence-electron chi connectivity index (χ1n) is 9.19. The molecule has 30 heavy (non-hydrogen) atoms. The van der Waals surface area contributed by atoms with E-state index in [4.69, 9.17) is 4.52 Å². The van der Waals surface area contributed by atoms with Crippen LogP contribution in [-0.4, -0.2) is 25.3 Å². The minimum atomic E-state index is 0. The maximum Gasteiger partial charge on any atom is 0.224 e. The molecule has 10 heteroatoms. The number of aromatic amines is 1. The van der Waals surface area contributed by atoms with Gasteiger partial charge in [0.15, 0.2) is 11.6 Å². The minimum absolute atomic E-state index is 0. The van der Waals surface area contributed by atoms with E-state index in [9.17, 15) is 0 Å². The predicted octanol–water partition coefficient (Wildman–Crippen LogP) is 4.82. The number of aromatic nitrogens is 5. The maximum atomic E-state index is 5.18. The third-order valence-corrected chi connectivity index (χ3v) is 4.71. The van der Waals surface area contributed by atoms with Crippen LogP contribution in [-0.2, 0) is 19.4 Å². The molecule has 0 fully saturated rings. The fourth-order valence-corrected chi connectivity index (χ4v) is 3.28. The molecule has 0 aliphatic carbocycles. The molecule has 1 aromatic carbocycles. The lowest BCUT2D eigenvalue weighted by atomic mass is 10.1. The van der Waals surface area contributed by atoms with Crippen LogP contribution < -0.4 is 10.6 Å². The number of hydrogen-bond donors (Lipinski definition) is 3. The molecule has 4 aromatic rings. The summed E-state index contributed by atoms with van der Waals surface area (Å²) in [5.74, 6) is 2.59. The molecule has 0 spiro atoms. The first kappa shape index (κ1) is 21.8. The van der Waals surface area contributed by atoms with E-state index in [1.54, 1.807) is 12.3 Å². The summed E-state index contributed by atoms with van der Waals surface area (Å²) in [4.78, 5) is 8.67. The van der Waals surface area contributed by atoms with E-state index in [1.807, 2.05) is 31.2 Å². The summed E-state index contributed by atoms with van der Waals surface area (Å²) < 4.78 is 6.27. The summed E-state index contributed by atoms with van der Waals surface area (Å²) in [5.41, 5.74) is 3.17. The van der Waals surface area contributed by atoms with E-state index in [0.717, 1.165) is 34.5 Å². The molecule has 3 aromatic heterocycles. The molecule has 156 valence electrons. The molecule has 4 rings (SSSR count). The van der Waals surface area contributed by atoms with Crippen molar-refractivity contribution < 1.29 is 4.52 Å². The molecule has 0 aliphatic heterocycles. The van der Waals surface area contributed by atoms with Gasteiger partial charge < -0.3 is 15.2 Å². The highest BCUT2D eigenvalue weighted by atomic mass is 79.9. The first-order valence-corrected chi connectivity index (χ1v) is 9.98. The molecule has 0 atom stereocenters. The molecule has 0 saturated carbocycles. The second-order valence-electron chi connectivity index (χ2n) is 6.59. The second-order valence-corrected chi connectivity index (χ2v) is 7.50. The fourth-order valence-electron chi connectivity index (χ4n) is 2.84. The standard InChI is InChI=1S/C20H20BrN7O.ClH/c1-13-9-17(29-28-13)12-23-20-22-8-7-18(25-20)24-19-11-16(26-27-19)6-5-14-3-2-4-15(21)10-14;/h2-4,7-11H,5-6,12H2,1H3,(H3,22,23,24,25,26,27);1H. The molecule has 0 radical (unpaired) electrons. The summed E-state index contributed by atoms with van der Waals surface area (Å²) in [6.45, 7) is 2.34. The van der Waals surface area contributed by atoms with Crippen molar-refractivity contribution in [1.29, 1.82) is 0 Å². The Morgan fingerprint density at radius 2 is 2.00 bits per heavy atom. The Bertz CT molecular complexity index is 1100. The van der Waals surface area contributed by atoms with Crippen LogP contribution in [0.3, 0.4) is 0 Å². The van der Waals surface area contributed by atoms with Gasteiger partial charge >= 0.3 is 0 Å². The minimum Gasteiger partial charge on any atom is -0.359 e. The average molecular weight is 491 g/mol. The van der Waals surface area contributed by atoms with Crippen molar-refractivity contribution in [3.05, 3.63) is 75.8 Å². The van der Waals surface area contributed by atoms with Gasteiger partial charge in [0.2, 0.25) is 5.95 Å². The van der Waals surface area contributed by atoms with Crippen molar-refractivity contribution in [3.8, 4) is 0 Å². The largest absolute Gasteiger partial charge is 0.359 e. The Kier molecular flexibility index (Phi) is 7.42. The number of aryl methyl sites for hydroxylation is 3. The molecule has 0 amide bonds. The van der Waals surface area contributed by atoms with Gasteiger partial charge in [0.05, 0.1) is 12.2 Å². The number of nitrogens with one attached hydrogen (secondary N) is 3. The van der Waals surface area contributed by atoms with Gasteiger partial charge in [-0.1, -0.05) is 33.2 Å². The van der Waals surface area contributed by atoms with E-state index < -0.39 is 0 Å². The SMILES string of the molecule is Cc1cc(CNc2nccc(Nc3cc(CCc4cccc(Br)c4)[nH]n3)n2)on1.Cl.